The Hall–Kier alpha value is -0.630. The zero-order valence-electron chi connectivity index (χ0n) is 10.6. The lowest BCUT2D eigenvalue weighted by Crippen LogP contribution is -2.43. The van der Waals surface area contributed by atoms with Crippen molar-refractivity contribution in [3.8, 4) is 5.75 Å². The lowest BCUT2D eigenvalue weighted by molar-refractivity contribution is 0.411. The van der Waals surface area contributed by atoms with Gasteiger partial charge in [-0.3, -0.25) is 0 Å². The van der Waals surface area contributed by atoms with Crippen molar-refractivity contribution in [2.75, 3.05) is 7.11 Å². The predicted octanol–water partition coefficient (Wildman–Crippen LogP) is 1.62. The number of hydrogen-bond donors (Lipinski definition) is 2. The van der Waals surface area contributed by atoms with Crippen LogP contribution in [-0.2, 0) is 10.0 Å². The first kappa shape index (κ1) is 14.8. The molecule has 1 saturated carbocycles. The number of rotatable bonds is 4. The Balaban J connectivity index is 2.22. The topological polar surface area (TPSA) is 81.4 Å². The molecule has 1 aromatic carbocycles. The highest BCUT2D eigenvalue weighted by molar-refractivity contribution is 9.10. The Morgan fingerprint density at radius 3 is 2.68 bits per heavy atom. The van der Waals surface area contributed by atoms with Gasteiger partial charge in [-0.05, 0) is 47.0 Å². The van der Waals surface area contributed by atoms with Gasteiger partial charge in [0, 0.05) is 12.1 Å². The van der Waals surface area contributed by atoms with Gasteiger partial charge in [-0.15, -0.1) is 0 Å². The summed E-state index contributed by atoms with van der Waals surface area (Å²) in [6.07, 6.45) is 2.61. The second kappa shape index (κ2) is 5.78. The first-order chi connectivity index (χ1) is 8.94. The molecule has 0 aromatic heterocycles. The monoisotopic (exact) mass is 348 g/mol. The van der Waals surface area contributed by atoms with Crippen molar-refractivity contribution in [3.63, 3.8) is 0 Å². The standard InChI is InChI=1S/C12H17BrN2O3S/c1-18-12-6-5-8(7-9(12)13)19(16,17)15-11-4-2-3-10(11)14/h5-7,10-11,15H,2-4,14H2,1H3. The first-order valence-electron chi connectivity index (χ1n) is 6.05. The van der Waals surface area contributed by atoms with Crippen molar-refractivity contribution in [1.82, 2.24) is 4.72 Å². The zero-order chi connectivity index (χ0) is 14.0. The third-order valence-corrected chi connectivity index (χ3v) is 5.42. The van der Waals surface area contributed by atoms with Gasteiger partial charge in [0.05, 0.1) is 16.5 Å². The van der Waals surface area contributed by atoms with Gasteiger partial charge in [0.1, 0.15) is 5.75 Å². The van der Waals surface area contributed by atoms with Crippen molar-refractivity contribution in [2.45, 2.75) is 36.2 Å². The summed E-state index contributed by atoms with van der Waals surface area (Å²) in [6.45, 7) is 0. The van der Waals surface area contributed by atoms with Crippen LogP contribution in [0.25, 0.3) is 0 Å². The van der Waals surface area contributed by atoms with E-state index in [2.05, 4.69) is 20.7 Å². The molecule has 1 aliphatic carbocycles. The normalized spacial score (nSPS) is 23.5. The largest absolute Gasteiger partial charge is 0.496 e. The summed E-state index contributed by atoms with van der Waals surface area (Å²) in [5.74, 6) is 0.594. The van der Waals surface area contributed by atoms with E-state index < -0.39 is 10.0 Å². The van der Waals surface area contributed by atoms with Crippen LogP contribution in [0.4, 0.5) is 0 Å². The average molecular weight is 349 g/mol. The minimum Gasteiger partial charge on any atom is -0.496 e. The van der Waals surface area contributed by atoms with Gasteiger partial charge in [0.15, 0.2) is 0 Å². The van der Waals surface area contributed by atoms with E-state index in [0.29, 0.717) is 10.2 Å². The Bertz CT molecular complexity index is 562. The van der Waals surface area contributed by atoms with Crippen LogP contribution in [0.3, 0.4) is 0 Å². The molecule has 1 aromatic rings. The highest BCUT2D eigenvalue weighted by atomic mass is 79.9. The van der Waals surface area contributed by atoms with E-state index in [9.17, 15) is 8.42 Å². The molecule has 1 aliphatic rings. The third kappa shape index (κ3) is 3.28. The molecule has 0 bridgehead atoms. The summed E-state index contributed by atoms with van der Waals surface area (Å²) in [5, 5.41) is 0. The molecule has 2 rings (SSSR count). The number of ether oxygens (including phenoxy) is 1. The van der Waals surface area contributed by atoms with Crippen LogP contribution >= 0.6 is 15.9 Å². The van der Waals surface area contributed by atoms with Gasteiger partial charge in [-0.2, -0.15) is 0 Å². The molecule has 19 heavy (non-hydrogen) atoms. The van der Waals surface area contributed by atoms with Crippen LogP contribution in [0.15, 0.2) is 27.6 Å². The highest BCUT2D eigenvalue weighted by Gasteiger charge is 2.29. The SMILES string of the molecule is COc1ccc(S(=O)(=O)NC2CCCC2N)cc1Br. The number of hydrogen-bond acceptors (Lipinski definition) is 4. The summed E-state index contributed by atoms with van der Waals surface area (Å²) in [7, 11) is -2.01. The van der Waals surface area contributed by atoms with Crippen molar-refractivity contribution in [1.29, 1.82) is 0 Å². The van der Waals surface area contributed by atoms with Gasteiger partial charge in [-0.25, -0.2) is 13.1 Å². The van der Waals surface area contributed by atoms with Crippen LogP contribution in [0.1, 0.15) is 19.3 Å². The molecular formula is C12H17BrN2O3S. The van der Waals surface area contributed by atoms with Crippen LogP contribution in [0, 0.1) is 0 Å². The second-order valence-electron chi connectivity index (χ2n) is 4.62. The third-order valence-electron chi connectivity index (χ3n) is 3.31. The number of methoxy groups -OCH3 is 1. The second-order valence-corrected chi connectivity index (χ2v) is 7.19. The Morgan fingerprint density at radius 2 is 2.16 bits per heavy atom. The molecular weight excluding hydrogens is 332 g/mol. The Morgan fingerprint density at radius 1 is 1.42 bits per heavy atom. The van der Waals surface area contributed by atoms with Crippen LogP contribution < -0.4 is 15.2 Å². The quantitative estimate of drug-likeness (QED) is 0.866. The molecule has 0 saturated heterocycles. The average Bonchev–Trinajstić information content (AvgIpc) is 2.74. The number of sulfonamides is 1. The fraction of sp³-hybridized carbons (Fsp3) is 0.500. The maximum absolute atomic E-state index is 12.3. The number of nitrogens with two attached hydrogens (primary N) is 1. The molecule has 106 valence electrons. The van der Waals surface area contributed by atoms with Crippen LogP contribution in [0.2, 0.25) is 0 Å². The van der Waals surface area contributed by atoms with E-state index in [0.717, 1.165) is 19.3 Å². The van der Waals surface area contributed by atoms with E-state index in [4.69, 9.17) is 10.5 Å². The Kier molecular flexibility index (Phi) is 4.50. The van der Waals surface area contributed by atoms with Gasteiger partial charge >= 0.3 is 0 Å². The summed E-state index contributed by atoms with van der Waals surface area (Å²) < 4.78 is 32.9. The summed E-state index contributed by atoms with van der Waals surface area (Å²) >= 11 is 3.28. The van der Waals surface area contributed by atoms with Crippen molar-refractivity contribution in [3.05, 3.63) is 22.7 Å². The van der Waals surface area contributed by atoms with E-state index in [1.807, 2.05) is 0 Å². The van der Waals surface area contributed by atoms with Crippen molar-refractivity contribution < 1.29 is 13.2 Å². The molecule has 1 fully saturated rings. The molecule has 0 aliphatic heterocycles. The van der Waals surface area contributed by atoms with E-state index in [1.165, 1.54) is 19.2 Å². The van der Waals surface area contributed by atoms with Crippen LogP contribution in [-0.4, -0.2) is 27.6 Å². The molecule has 0 spiro atoms. The summed E-state index contributed by atoms with van der Waals surface area (Å²) in [5.41, 5.74) is 5.88. The maximum Gasteiger partial charge on any atom is 0.240 e. The highest BCUT2D eigenvalue weighted by Crippen LogP contribution is 2.28. The minimum atomic E-state index is -3.54. The molecule has 3 N–H and O–H groups in total. The first-order valence-corrected chi connectivity index (χ1v) is 8.33. The summed E-state index contributed by atoms with van der Waals surface area (Å²) in [6, 6.07) is 4.39. The number of benzene rings is 1. The van der Waals surface area contributed by atoms with Crippen LogP contribution in [0.5, 0.6) is 5.75 Å². The van der Waals surface area contributed by atoms with Crippen molar-refractivity contribution >= 4 is 26.0 Å². The fourth-order valence-electron chi connectivity index (χ4n) is 2.22. The minimum absolute atomic E-state index is 0.100. The van der Waals surface area contributed by atoms with Crippen molar-refractivity contribution in [2.24, 2.45) is 5.73 Å². The molecule has 2 unspecified atom stereocenters. The molecule has 0 heterocycles. The van der Waals surface area contributed by atoms with Gasteiger partial charge in [0.25, 0.3) is 0 Å². The summed E-state index contributed by atoms with van der Waals surface area (Å²) in [4.78, 5) is 0.208. The van der Waals surface area contributed by atoms with Gasteiger partial charge in [0.2, 0.25) is 10.0 Å². The number of nitrogens with one attached hydrogen (secondary N) is 1. The van der Waals surface area contributed by atoms with Gasteiger partial charge < -0.3 is 10.5 Å². The van der Waals surface area contributed by atoms with E-state index >= 15 is 0 Å². The zero-order valence-corrected chi connectivity index (χ0v) is 13.0. The molecule has 0 amide bonds. The van der Waals surface area contributed by atoms with E-state index in [1.54, 1.807) is 6.07 Å². The Labute approximate surface area is 121 Å². The smallest absolute Gasteiger partial charge is 0.240 e. The maximum atomic E-state index is 12.3. The predicted molar refractivity (Wildman–Crippen MR) is 76.6 cm³/mol. The number of halogens is 1. The fourth-order valence-corrected chi connectivity index (χ4v) is 4.26. The lowest BCUT2D eigenvalue weighted by Gasteiger charge is -2.17. The van der Waals surface area contributed by atoms with Gasteiger partial charge in [-0.1, -0.05) is 6.42 Å². The molecule has 2 atom stereocenters. The molecule has 0 radical (unpaired) electrons. The molecule has 7 heteroatoms. The van der Waals surface area contributed by atoms with E-state index in [-0.39, 0.29) is 17.0 Å². The lowest BCUT2D eigenvalue weighted by atomic mass is 10.2. The molecule has 5 nitrogen and oxygen atoms in total.